The topological polar surface area (TPSA) is 79.6 Å². The van der Waals surface area contributed by atoms with E-state index in [9.17, 15) is 9.59 Å². The number of para-hydroxylation sites is 1. The van der Waals surface area contributed by atoms with Gasteiger partial charge in [-0.15, -0.1) is 0 Å². The zero-order chi connectivity index (χ0) is 18.9. The first-order chi connectivity index (χ1) is 12.6. The molecule has 7 heteroatoms. The number of rotatable bonds is 7. The minimum Gasteiger partial charge on any atom is -0.483 e. The summed E-state index contributed by atoms with van der Waals surface area (Å²) < 4.78 is 10.8. The van der Waals surface area contributed by atoms with Crippen LogP contribution in [-0.4, -0.2) is 32.1 Å². The molecule has 2 aromatic carbocycles. The van der Waals surface area contributed by atoms with Crippen LogP contribution in [0.15, 0.2) is 53.0 Å². The third-order valence-corrected chi connectivity index (χ3v) is 4.14. The molecule has 0 saturated carbocycles. The minimum atomic E-state index is -0.458. The molecule has 0 radical (unpaired) electrons. The monoisotopic (exact) mass is 416 g/mol. The highest BCUT2D eigenvalue weighted by Crippen LogP contribution is 2.26. The lowest BCUT2D eigenvalue weighted by atomic mass is 10.2. The maximum atomic E-state index is 12.6. The molecule has 0 N–H and O–H groups in total. The molecule has 0 bridgehead atoms. The molecule has 0 aliphatic heterocycles. The third kappa shape index (κ3) is 5.07. The lowest BCUT2D eigenvalue weighted by molar-refractivity contribution is -0.120. The molecule has 0 aliphatic rings. The van der Waals surface area contributed by atoms with Crippen molar-refractivity contribution in [3.63, 3.8) is 0 Å². The zero-order valence-corrected chi connectivity index (χ0v) is 15.7. The maximum Gasteiger partial charge on any atom is 0.337 e. The normalized spacial score (nSPS) is 9.88. The summed E-state index contributed by atoms with van der Waals surface area (Å²) in [4.78, 5) is 25.6. The summed E-state index contributed by atoms with van der Waals surface area (Å²) in [7, 11) is 1.30. The van der Waals surface area contributed by atoms with Gasteiger partial charge in [0, 0.05) is 12.2 Å². The van der Waals surface area contributed by atoms with E-state index in [1.165, 1.54) is 12.0 Å². The first-order valence-electron chi connectivity index (χ1n) is 7.80. The number of hydrogen-bond donors (Lipinski definition) is 0. The summed E-state index contributed by atoms with van der Waals surface area (Å²) in [6.07, 6.45) is 0.220. The first-order valence-corrected chi connectivity index (χ1v) is 8.59. The van der Waals surface area contributed by atoms with E-state index >= 15 is 0 Å². The van der Waals surface area contributed by atoms with E-state index in [0.717, 1.165) is 0 Å². The molecule has 0 spiro atoms. The number of benzene rings is 2. The summed E-state index contributed by atoms with van der Waals surface area (Å²) in [6.45, 7) is 0.0850. The fourth-order valence-corrected chi connectivity index (χ4v) is 2.74. The molecule has 0 heterocycles. The molecule has 6 nitrogen and oxygen atoms in total. The Kier molecular flexibility index (Phi) is 7.18. The molecule has 134 valence electrons. The van der Waals surface area contributed by atoms with E-state index in [1.54, 1.807) is 30.3 Å². The van der Waals surface area contributed by atoms with Crippen LogP contribution in [0.5, 0.6) is 5.75 Å². The molecule has 0 saturated heterocycles. The van der Waals surface area contributed by atoms with Crippen molar-refractivity contribution in [3.05, 3.63) is 58.6 Å². The molecular formula is C19H17BrN2O4. The number of amides is 1. The van der Waals surface area contributed by atoms with Crippen LogP contribution < -0.4 is 9.64 Å². The smallest absolute Gasteiger partial charge is 0.337 e. The van der Waals surface area contributed by atoms with Crippen LogP contribution in [0.4, 0.5) is 5.69 Å². The van der Waals surface area contributed by atoms with Gasteiger partial charge in [0.25, 0.3) is 5.91 Å². The molecule has 26 heavy (non-hydrogen) atoms. The van der Waals surface area contributed by atoms with E-state index in [4.69, 9.17) is 10.00 Å². The fourth-order valence-electron chi connectivity index (χ4n) is 2.25. The average molecular weight is 417 g/mol. The van der Waals surface area contributed by atoms with Crippen LogP contribution in [0.1, 0.15) is 16.8 Å². The predicted molar refractivity (Wildman–Crippen MR) is 100 cm³/mol. The van der Waals surface area contributed by atoms with Crippen LogP contribution in [0, 0.1) is 11.3 Å². The standard InChI is InChI=1S/C19H17BrN2O4/c1-25-19(24)14-8-9-17(16(20)12-14)26-13-18(23)22(11-5-10-21)15-6-3-2-4-7-15/h2-4,6-9,12H,5,11,13H2,1H3. The van der Waals surface area contributed by atoms with Gasteiger partial charge >= 0.3 is 5.97 Å². The highest BCUT2D eigenvalue weighted by atomic mass is 79.9. The van der Waals surface area contributed by atoms with E-state index in [1.807, 2.05) is 24.3 Å². The number of anilines is 1. The SMILES string of the molecule is COC(=O)c1ccc(OCC(=O)N(CCC#N)c2ccccc2)c(Br)c1. The maximum absolute atomic E-state index is 12.6. The lowest BCUT2D eigenvalue weighted by Gasteiger charge is -2.22. The van der Waals surface area contributed by atoms with Crippen LogP contribution >= 0.6 is 15.9 Å². The van der Waals surface area contributed by atoms with E-state index in [-0.39, 0.29) is 25.5 Å². The van der Waals surface area contributed by atoms with Gasteiger partial charge in [-0.1, -0.05) is 18.2 Å². The largest absolute Gasteiger partial charge is 0.483 e. The number of carbonyl (C=O) groups is 2. The number of nitrogens with zero attached hydrogens (tertiary/aromatic N) is 2. The minimum absolute atomic E-state index is 0.198. The molecule has 0 fully saturated rings. The van der Waals surface area contributed by atoms with Gasteiger partial charge in [-0.3, -0.25) is 4.79 Å². The molecule has 1 amide bonds. The van der Waals surface area contributed by atoms with Gasteiger partial charge in [-0.05, 0) is 46.3 Å². The molecule has 2 rings (SSSR count). The Bertz CT molecular complexity index is 818. The van der Waals surface area contributed by atoms with Crippen LogP contribution in [0.3, 0.4) is 0 Å². The summed E-state index contributed by atoms with van der Waals surface area (Å²) in [5.74, 6) is -0.297. The molecule has 0 atom stereocenters. The van der Waals surface area contributed by atoms with Gasteiger partial charge in [0.15, 0.2) is 6.61 Å². The van der Waals surface area contributed by atoms with Crippen molar-refractivity contribution in [3.8, 4) is 11.8 Å². The Hall–Kier alpha value is -2.85. The zero-order valence-electron chi connectivity index (χ0n) is 14.1. The van der Waals surface area contributed by atoms with Gasteiger partial charge in [0.05, 0.1) is 29.6 Å². The number of carbonyl (C=O) groups excluding carboxylic acids is 2. The average Bonchev–Trinajstić information content (AvgIpc) is 2.67. The van der Waals surface area contributed by atoms with Gasteiger partial charge in [-0.2, -0.15) is 5.26 Å². The summed E-state index contributed by atoms with van der Waals surface area (Å²) in [6, 6.07) is 15.9. The summed E-state index contributed by atoms with van der Waals surface area (Å²) in [5.41, 5.74) is 1.08. The fraction of sp³-hybridized carbons (Fsp3) is 0.211. The quantitative estimate of drug-likeness (QED) is 0.644. The van der Waals surface area contributed by atoms with Crippen molar-refractivity contribution < 1.29 is 19.1 Å². The predicted octanol–water partition coefficient (Wildman–Crippen LogP) is 3.56. The number of nitriles is 1. The number of methoxy groups -OCH3 is 1. The molecule has 0 aliphatic carbocycles. The van der Waals surface area contributed by atoms with Crippen molar-refractivity contribution in [2.75, 3.05) is 25.2 Å². The van der Waals surface area contributed by atoms with E-state index in [0.29, 0.717) is 21.5 Å². The lowest BCUT2D eigenvalue weighted by Crippen LogP contribution is -2.35. The second kappa shape index (κ2) is 9.59. The second-order valence-electron chi connectivity index (χ2n) is 5.21. The molecule has 0 aromatic heterocycles. The molecule has 0 unspecified atom stereocenters. The Morgan fingerprint density at radius 3 is 2.54 bits per heavy atom. The number of esters is 1. The van der Waals surface area contributed by atoms with Crippen molar-refractivity contribution in [1.82, 2.24) is 0 Å². The third-order valence-electron chi connectivity index (χ3n) is 3.52. The van der Waals surface area contributed by atoms with Crippen LogP contribution in [-0.2, 0) is 9.53 Å². The Morgan fingerprint density at radius 2 is 1.92 bits per heavy atom. The number of hydrogen-bond acceptors (Lipinski definition) is 5. The summed E-state index contributed by atoms with van der Waals surface area (Å²) in [5, 5.41) is 8.82. The van der Waals surface area contributed by atoms with Gasteiger partial charge in [0.2, 0.25) is 0 Å². The molecular weight excluding hydrogens is 400 g/mol. The van der Waals surface area contributed by atoms with Crippen molar-refractivity contribution in [1.29, 1.82) is 5.26 Å². The Balaban J connectivity index is 2.08. The number of halogens is 1. The Labute approximate surface area is 160 Å². The first kappa shape index (κ1) is 19.5. The molecule has 2 aromatic rings. The second-order valence-corrected chi connectivity index (χ2v) is 6.07. The Morgan fingerprint density at radius 1 is 1.19 bits per heavy atom. The van der Waals surface area contributed by atoms with Crippen LogP contribution in [0.2, 0.25) is 0 Å². The highest BCUT2D eigenvalue weighted by molar-refractivity contribution is 9.10. The summed E-state index contributed by atoms with van der Waals surface area (Å²) >= 11 is 3.32. The van der Waals surface area contributed by atoms with E-state index in [2.05, 4.69) is 20.7 Å². The van der Waals surface area contributed by atoms with Crippen molar-refractivity contribution in [2.24, 2.45) is 0 Å². The van der Waals surface area contributed by atoms with Crippen molar-refractivity contribution >= 4 is 33.5 Å². The van der Waals surface area contributed by atoms with E-state index < -0.39 is 5.97 Å². The highest BCUT2D eigenvalue weighted by Gasteiger charge is 2.17. The number of ether oxygens (including phenoxy) is 2. The van der Waals surface area contributed by atoms with Gasteiger partial charge in [-0.25, -0.2) is 4.79 Å². The van der Waals surface area contributed by atoms with Gasteiger partial charge in [0.1, 0.15) is 5.75 Å². The van der Waals surface area contributed by atoms with Crippen LogP contribution in [0.25, 0.3) is 0 Å². The van der Waals surface area contributed by atoms with Gasteiger partial charge < -0.3 is 14.4 Å². The van der Waals surface area contributed by atoms with Crippen molar-refractivity contribution in [2.45, 2.75) is 6.42 Å².